The normalized spacial score (nSPS) is 37.7. The molecule has 0 spiro atoms. The second-order valence-corrected chi connectivity index (χ2v) is 7.61. The molecule has 0 aliphatic heterocycles. The van der Waals surface area contributed by atoms with Crippen LogP contribution >= 0.6 is 0 Å². The predicted octanol–water partition coefficient (Wildman–Crippen LogP) is 2.80. The van der Waals surface area contributed by atoms with Crippen molar-refractivity contribution >= 4 is 10.8 Å². The molecule has 3 heteroatoms. The van der Waals surface area contributed by atoms with Crippen LogP contribution < -0.4 is 5.32 Å². The topological polar surface area (TPSA) is 29.1 Å². The highest BCUT2D eigenvalue weighted by Gasteiger charge is 2.37. The number of nitrogens with one attached hydrogen (secondary N) is 1. The van der Waals surface area contributed by atoms with Crippen LogP contribution in [0.25, 0.3) is 0 Å². The Morgan fingerprint density at radius 2 is 2.00 bits per heavy atom. The highest BCUT2D eigenvalue weighted by molar-refractivity contribution is 7.85. The third-order valence-electron chi connectivity index (χ3n) is 4.21. The Labute approximate surface area is 109 Å². The van der Waals surface area contributed by atoms with E-state index in [4.69, 9.17) is 0 Å². The Hall–Kier alpha value is 0.110. The first kappa shape index (κ1) is 15.2. The zero-order chi connectivity index (χ0) is 13.0. The molecular weight excluding hydrogens is 230 g/mol. The van der Waals surface area contributed by atoms with Crippen LogP contribution in [0.15, 0.2) is 0 Å². The monoisotopic (exact) mass is 259 g/mol. The summed E-state index contributed by atoms with van der Waals surface area (Å²) in [6, 6.07) is 0.443. The molecule has 6 atom stereocenters. The van der Waals surface area contributed by atoms with Crippen LogP contribution in [0.5, 0.6) is 0 Å². The van der Waals surface area contributed by atoms with Gasteiger partial charge in [0.1, 0.15) is 0 Å². The molecule has 1 rings (SSSR count). The molecule has 1 aliphatic carbocycles. The molecule has 0 aromatic carbocycles. The van der Waals surface area contributed by atoms with E-state index in [1.165, 1.54) is 12.8 Å². The minimum Gasteiger partial charge on any atom is -0.316 e. The molecule has 0 heterocycles. The van der Waals surface area contributed by atoms with Crippen molar-refractivity contribution in [3.8, 4) is 0 Å². The first-order chi connectivity index (χ1) is 7.99. The molecule has 1 fully saturated rings. The molecule has 0 saturated heterocycles. The Morgan fingerprint density at radius 1 is 1.35 bits per heavy atom. The van der Waals surface area contributed by atoms with E-state index in [1.54, 1.807) is 0 Å². The van der Waals surface area contributed by atoms with Crippen LogP contribution in [0.1, 0.15) is 47.0 Å². The molecule has 0 amide bonds. The number of rotatable bonds is 5. The fourth-order valence-corrected chi connectivity index (χ4v) is 5.32. The van der Waals surface area contributed by atoms with E-state index in [0.717, 1.165) is 18.1 Å². The van der Waals surface area contributed by atoms with Crippen LogP contribution in [0.4, 0.5) is 0 Å². The summed E-state index contributed by atoms with van der Waals surface area (Å²) < 4.78 is 12.5. The van der Waals surface area contributed by atoms with Gasteiger partial charge in [-0.1, -0.05) is 34.1 Å². The fourth-order valence-electron chi connectivity index (χ4n) is 3.06. The van der Waals surface area contributed by atoms with E-state index < -0.39 is 10.8 Å². The molecule has 0 aromatic rings. The Balaban J connectivity index is 2.68. The van der Waals surface area contributed by atoms with Crippen molar-refractivity contribution in [2.75, 3.05) is 12.8 Å². The largest absolute Gasteiger partial charge is 0.316 e. The average Bonchev–Trinajstić information content (AvgIpc) is 2.27. The van der Waals surface area contributed by atoms with E-state index in [0.29, 0.717) is 23.1 Å². The average molecular weight is 259 g/mol. The summed E-state index contributed by atoms with van der Waals surface area (Å²) in [6.45, 7) is 8.99. The van der Waals surface area contributed by atoms with Crippen molar-refractivity contribution < 1.29 is 4.21 Å². The summed E-state index contributed by atoms with van der Waals surface area (Å²) in [5.41, 5.74) is 0. The quantitative estimate of drug-likeness (QED) is 0.822. The van der Waals surface area contributed by atoms with Crippen LogP contribution in [-0.2, 0) is 10.8 Å². The van der Waals surface area contributed by atoms with E-state index in [-0.39, 0.29) is 0 Å². The Bertz CT molecular complexity index is 257. The second kappa shape index (κ2) is 6.89. The SMILES string of the molecule is CCC(C)CS(=O)C1C(C)CC(C)CC1NC. The van der Waals surface area contributed by atoms with Crippen molar-refractivity contribution in [3.63, 3.8) is 0 Å². The number of hydrogen-bond donors (Lipinski definition) is 1. The lowest BCUT2D eigenvalue weighted by atomic mass is 9.80. The molecule has 1 aliphatic rings. The van der Waals surface area contributed by atoms with Gasteiger partial charge in [-0.05, 0) is 37.6 Å². The summed E-state index contributed by atoms with van der Waals surface area (Å²) in [4.78, 5) is 0. The maximum absolute atomic E-state index is 12.5. The Morgan fingerprint density at radius 3 is 2.53 bits per heavy atom. The fraction of sp³-hybridized carbons (Fsp3) is 1.00. The molecule has 2 nitrogen and oxygen atoms in total. The lowest BCUT2D eigenvalue weighted by Gasteiger charge is -2.39. The Kier molecular flexibility index (Phi) is 6.14. The third-order valence-corrected chi connectivity index (χ3v) is 6.51. The van der Waals surface area contributed by atoms with Crippen LogP contribution in [0.2, 0.25) is 0 Å². The minimum absolute atomic E-state index is 0.352. The van der Waals surface area contributed by atoms with Gasteiger partial charge in [-0.25, -0.2) is 0 Å². The van der Waals surface area contributed by atoms with E-state index in [1.807, 2.05) is 7.05 Å². The highest BCUT2D eigenvalue weighted by atomic mass is 32.2. The molecule has 17 heavy (non-hydrogen) atoms. The van der Waals surface area contributed by atoms with E-state index in [2.05, 4.69) is 33.0 Å². The molecule has 102 valence electrons. The molecular formula is C14H29NOS. The maximum atomic E-state index is 12.5. The second-order valence-electron chi connectivity index (χ2n) is 5.97. The molecule has 0 radical (unpaired) electrons. The lowest BCUT2D eigenvalue weighted by Crippen LogP contribution is -2.49. The first-order valence-electron chi connectivity index (χ1n) is 7.04. The van der Waals surface area contributed by atoms with Crippen molar-refractivity contribution in [3.05, 3.63) is 0 Å². The first-order valence-corrected chi connectivity index (χ1v) is 8.42. The van der Waals surface area contributed by atoms with Gasteiger partial charge in [-0.15, -0.1) is 0 Å². The highest BCUT2D eigenvalue weighted by Crippen LogP contribution is 2.32. The molecule has 6 unspecified atom stereocenters. The molecule has 0 aromatic heterocycles. The van der Waals surface area contributed by atoms with Gasteiger partial charge >= 0.3 is 0 Å². The third kappa shape index (κ3) is 4.06. The maximum Gasteiger partial charge on any atom is 0.0526 e. The summed E-state index contributed by atoms with van der Waals surface area (Å²) in [5.74, 6) is 2.80. The van der Waals surface area contributed by atoms with Crippen LogP contribution in [-0.4, -0.2) is 28.3 Å². The van der Waals surface area contributed by atoms with Gasteiger partial charge in [0, 0.05) is 22.6 Å². The van der Waals surface area contributed by atoms with Gasteiger partial charge < -0.3 is 5.32 Å². The predicted molar refractivity (Wildman–Crippen MR) is 76.7 cm³/mol. The van der Waals surface area contributed by atoms with Gasteiger partial charge in [0.2, 0.25) is 0 Å². The summed E-state index contributed by atoms with van der Waals surface area (Å²) in [7, 11) is 1.34. The molecule has 1 saturated carbocycles. The van der Waals surface area contributed by atoms with Crippen LogP contribution in [0.3, 0.4) is 0 Å². The standard InChI is InChI=1S/C14H29NOS/c1-6-10(2)9-17(16)14-12(4)7-11(3)8-13(14)15-5/h10-15H,6-9H2,1-5H3. The summed E-state index contributed by atoms with van der Waals surface area (Å²) >= 11 is 0. The zero-order valence-corrected chi connectivity index (χ0v) is 12.8. The van der Waals surface area contributed by atoms with Gasteiger partial charge in [-0.2, -0.15) is 0 Å². The van der Waals surface area contributed by atoms with Gasteiger partial charge in [0.25, 0.3) is 0 Å². The van der Waals surface area contributed by atoms with Crippen molar-refractivity contribution in [1.82, 2.24) is 5.32 Å². The van der Waals surface area contributed by atoms with Gasteiger partial charge in [0.05, 0.1) is 5.25 Å². The van der Waals surface area contributed by atoms with E-state index >= 15 is 0 Å². The van der Waals surface area contributed by atoms with Crippen molar-refractivity contribution in [2.24, 2.45) is 17.8 Å². The van der Waals surface area contributed by atoms with Crippen molar-refractivity contribution in [2.45, 2.75) is 58.2 Å². The smallest absolute Gasteiger partial charge is 0.0526 e. The van der Waals surface area contributed by atoms with Crippen molar-refractivity contribution in [1.29, 1.82) is 0 Å². The van der Waals surface area contributed by atoms with E-state index in [9.17, 15) is 4.21 Å². The molecule has 1 N–H and O–H groups in total. The number of hydrogen-bond acceptors (Lipinski definition) is 2. The molecule has 0 bridgehead atoms. The lowest BCUT2D eigenvalue weighted by molar-refractivity contribution is 0.253. The van der Waals surface area contributed by atoms with Gasteiger partial charge in [0.15, 0.2) is 0 Å². The van der Waals surface area contributed by atoms with Crippen LogP contribution in [0, 0.1) is 17.8 Å². The zero-order valence-electron chi connectivity index (χ0n) is 12.0. The van der Waals surface area contributed by atoms with Gasteiger partial charge in [-0.3, -0.25) is 4.21 Å². The summed E-state index contributed by atoms with van der Waals surface area (Å²) in [5, 5.41) is 3.75. The minimum atomic E-state index is -0.674. The summed E-state index contributed by atoms with van der Waals surface area (Å²) in [6.07, 6.45) is 3.54.